The van der Waals surface area contributed by atoms with Gasteiger partial charge in [-0.05, 0) is 25.5 Å². The van der Waals surface area contributed by atoms with Crippen LogP contribution in [-0.4, -0.2) is 53.9 Å². The van der Waals surface area contributed by atoms with E-state index >= 15 is 0 Å². The second kappa shape index (κ2) is 7.12. The number of phenolic OH excluding ortho intramolecular Hbond substituents is 1. The smallest absolute Gasteiger partial charge is 0.314 e. The largest absolute Gasteiger partial charge is 0.500 e. The Bertz CT molecular complexity index is 570. The van der Waals surface area contributed by atoms with Gasteiger partial charge in [-0.15, -0.1) is 0 Å². The summed E-state index contributed by atoms with van der Waals surface area (Å²) in [5.41, 5.74) is 6.19. The lowest BCUT2D eigenvalue weighted by Gasteiger charge is -2.40. The van der Waals surface area contributed by atoms with Crippen molar-refractivity contribution in [2.45, 2.75) is 32.1 Å². The minimum absolute atomic E-state index is 0.0572. The molecule has 1 fully saturated rings. The summed E-state index contributed by atoms with van der Waals surface area (Å²) >= 11 is 0. The van der Waals surface area contributed by atoms with Gasteiger partial charge in [0, 0.05) is 31.7 Å². The van der Waals surface area contributed by atoms with E-state index < -0.39 is 10.7 Å². The van der Waals surface area contributed by atoms with Crippen LogP contribution in [0.3, 0.4) is 0 Å². The number of nitrogens with two attached hydrogens (primary N) is 1. The number of phenols is 1. The van der Waals surface area contributed by atoms with Crippen LogP contribution in [-0.2, 0) is 4.74 Å². The van der Waals surface area contributed by atoms with Crippen molar-refractivity contribution in [3.63, 3.8) is 0 Å². The minimum atomic E-state index is -0.626. The predicted octanol–water partition coefficient (Wildman–Crippen LogP) is 1.42. The number of aromatic hydroxyl groups is 1. The maximum absolute atomic E-state index is 11.2. The fraction of sp³-hybridized carbons (Fsp3) is 0.600. The number of nitro groups is 1. The van der Waals surface area contributed by atoms with Gasteiger partial charge in [0.25, 0.3) is 0 Å². The maximum atomic E-state index is 11.2. The Kier molecular flexibility index (Phi) is 5.40. The van der Waals surface area contributed by atoms with Crippen molar-refractivity contribution in [3.8, 4) is 11.5 Å². The molecule has 1 aliphatic rings. The van der Waals surface area contributed by atoms with Crippen LogP contribution in [0.5, 0.6) is 11.5 Å². The van der Waals surface area contributed by atoms with Crippen molar-refractivity contribution in [2.24, 2.45) is 5.73 Å². The summed E-state index contributed by atoms with van der Waals surface area (Å²) in [6, 6.07) is 2.75. The Morgan fingerprint density at radius 2 is 2.09 bits per heavy atom. The highest BCUT2D eigenvalue weighted by atomic mass is 16.6. The lowest BCUT2D eigenvalue weighted by atomic mass is 10.0. The third-order valence-corrected chi connectivity index (χ3v) is 3.99. The van der Waals surface area contributed by atoms with Crippen LogP contribution in [0, 0.1) is 10.1 Å². The van der Waals surface area contributed by atoms with Gasteiger partial charge in [0.1, 0.15) is 0 Å². The van der Waals surface area contributed by atoms with Crippen molar-refractivity contribution in [3.05, 3.63) is 27.8 Å². The van der Waals surface area contributed by atoms with Crippen LogP contribution in [0.15, 0.2) is 12.1 Å². The highest BCUT2D eigenvalue weighted by molar-refractivity contribution is 5.57. The second-order valence-electron chi connectivity index (χ2n) is 5.81. The van der Waals surface area contributed by atoms with Gasteiger partial charge in [0.2, 0.25) is 5.75 Å². The molecule has 1 saturated heterocycles. The quantitative estimate of drug-likeness (QED) is 0.622. The van der Waals surface area contributed by atoms with E-state index in [-0.39, 0.29) is 29.7 Å². The second-order valence-corrected chi connectivity index (χ2v) is 5.81. The van der Waals surface area contributed by atoms with E-state index in [4.69, 9.17) is 15.2 Å². The first-order valence-electron chi connectivity index (χ1n) is 7.52. The third kappa shape index (κ3) is 3.72. The summed E-state index contributed by atoms with van der Waals surface area (Å²) in [6.07, 6.45) is 0.114. The van der Waals surface area contributed by atoms with Crippen LogP contribution in [0.25, 0.3) is 0 Å². The third-order valence-electron chi connectivity index (χ3n) is 3.99. The molecule has 0 aliphatic carbocycles. The van der Waals surface area contributed by atoms with Crippen LogP contribution in [0.2, 0.25) is 0 Å². The molecule has 3 unspecified atom stereocenters. The van der Waals surface area contributed by atoms with Crippen LogP contribution in [0.1, 0.15) is 25.5 Å². The van der Waals surface area contributed by atoms with Gasteiger partial charge < -0.3 is 20.3 Å². The highest BCUT2D eigenvalue weighted by Crippen LogP contribution is 2.39. The van der Waals surface area contributed by atoms with E-state index in [1.54, 1.807) is 6.07 Å². The molecule has 23 heavy (non-hydrogen) atoms. The molecule has 3 atom stereocenters. The lowest BCUT2D eigenvalue weighted by Crippen LogP contribution is -2.48. The first kappa shape index (κ1) is 17.5. The highest BCUT2D eigenvalue weighted by Gasteiger charge is 2.30. The van der Waals surface area contributed by atoms with Crippen LogP contribution in [0.4, 0.5) is 5.69 Å². The molecule has 8 heteroatoms. The van der Waals surface area contributed by atoms with Gasteiger partial charge in [-0.1, -0.05) is 0 Å². The summed E-state index contributed by atoms with van der Waals surface area (Å²) in [5.74, 6) is -0.400. The molecule has 0 radical (unpaired) electrons. The van der Waals surface area contributed by atoms with Crippen LogP contribution < -0.4 is 10.5 Å². The number of nitrogens with zero attached hydrogens (tertiary/aromatic N) is 2. The minimum Gasteiger partial charge on any atom is -0.500 e. The summed E-state index contributed by atoms with van der Waals surface area (Å²) in [5, 5.41) is 21.1. The molecule has 0 bridgehead atoms. The summed E-state index contributed by atoms with van der Waals surface area (Å²) < 4.78 is 10.8. The molecule has 0 amide bonds. The monoisotopic (exact) mass is 325 g/mol. The van der Waals surface area contributed by atoms with Gasteiger partial charge >= 0.3 is 5.69 Å². The number of hydrogen-bond donors (Lipinski definition) is 2. The number of rotatable bonds is 5. The van der Waals surface area contributed by atoms with Gasteiger partial charge in [-0.2, -0.15) is 0 Å². The van der Waals surface area contributed by atoms with Crippen molar-refractivity contribution >= 4 is 5.69 Å². The molecule has 1 aromatic rings. The van der Waals surface area contributed by atoms with E-state index in [0.717, 1.165) is 0 Å². The number of hydrogen-bond acceptors (Lipinski definition) is 7. The molecular formula is C15H23N3O5. The molecule has 128 valence electrons. The normalized spacial score (nSPS) is 23.5. The van der Waals surface area contributed by atoms with E-state index in [1.807, 2.05) is 13.8 Å². The van der Waals surface area contributed by atoms with E-state index in [0.29, 0.717) is 25.2 Å². The van der Waals surface area contributed by atoms with Gasteiger partial charge in [0.05, 0.1) is 24.2 Å². The number of benzene rings is 1. The molecule has 0 aromatic heterocycles. The Hall–Kier alpha value is -1.90. The average molecular weight is 325 g/mol. The molecule has 2 rings (SSSR count). The Morgan fingerprint density at radius 3 is 2.57 bits per heavy atom. The molecule has 1 aliphatic heterocycles. The average Bonchev–Trinajstić information content (AvgIpc) is 2.48. The Balaban J connectivity index is 2.41. The standard InChI is InChI=1S/C15H23N3O5/c1-9-7-17(8-10(2)23-9)13(6-16)11-4-12(18(20)21)15(19)14(5-11)22-3/h4-5,9-10,13,19H,6-8,16H2,1-3H3. The first-order valence-corrected chi connectivity index (χ1v) is 7.52. The molecule has 0 saturated carbocycles. The van der Waals surface area contributed by atoms with Gasteiger partial charge in [-0.3, -0.25) is 15.0 Å². The fourth-order valence-electron chi connectivity index (χ4n) is 3.07. The molecule has 1 heterocycles. The predicted molar refractivity (Wildman–Crippen MR) is 84.7 cm³/mol. The zero-order valence-electron chi connectivity index (χ0n) is 13.6. The SMILES string of the molecule is COc1cc(C(CN)N2CC(C)OC(C)C2)cc([N+](=O)[O-])c1O. The fourth-order valence-corrected chi connectivity index (χ4v) is 3.07. The molecular weight excluding hydrogens is 302 g/mol. The summed E-state index contributed by atoms with van der Waals surface area (Å²) in [7, 11) is 1.36. The van der Waals surface area contributed by atoms with Crippen LogP contribution >= 0.6 is 0 Å². The molecule has 1 aromatic carbocycles. The van der Waals surface area contributed by atoms with Gasteiger partial charge in [-0.25, -0.2) is 0 Å². The van der Waals surface area contributed by atoms with Crippen molar-refractivity contribution in [1.82, 2.24) is 4.90 Å². The van der Waals surface area contributed by atoms with Crippen molar-refractivity contribution in [1.29, 1.82) is 0 Å². The zero-order chi connectivity index (χ0) is 17.1. The number of nitro benzene ring substituents is 1. The van der Waals surface area contributed by atoms with E-state index in [2.05, 4.69) is 4.90 Å². The number of methoxy groups -OCH3 is 1. The van der Waals surface area contributed by atoms with Crippen molar-refractivity contribution < 1.29 is 19.5 Å². The molecule has 3 N–H and O–H groups in total. The van der Waals surface area contributed by atoms with E-state index in [9.17, 15) is 15.2 Å². The zero-order valence-corrected chi connectivity index (χ0v) is 13.6. The Morgan fingerprint density at radius 1 is 1.48 bits per heavy atom. The molecule has 8 nitrogen and oxygen atoms in total. The first-order chi connectivity index (χ1) is 10.9. The van der Waals surface area contributed by atoms with Gasteiger partial charge in [0.15, 0.2) is 5.75 Å². The molecule has 0 spiro atoms. The summed E-state index contributed by atoms with van der Waals surface area (Å²) in [4.78, 5) is 12.7. The summed E-state index contributed by atoms with van der Waals surface area (Å²) in [6.45, 7) is 5.63. The topological polar surface area (TPSA) is 111 Å². The van der Waals surface area contributed by atoms with E-state index in [1.165, 1.54) is 13.2 Å². The maximum Gasteiger partial charge on any atom is 0.314 e. The number of morpholine rings is 1. The lowest BCUT2D eigenvalue weighted by molar-refractivity contribution is -0.386. The van der Waals surface area contributed by atoms with Crippen molar-refractivity contribution in [2.75, 3.05) is 26.7 Å². The number of ether oxygens (including phenoxy) is 2. The Labute approximate surface area is 134 Å².